The molecule has 0 aliphatic carbocycles. The van der Waals surface area contributed by atoms with Crippen LogP contribution in [0.2, 0.25) is 0 Å². The van der Waals surface area contributed by atoms with Gasteiger partial charge >= 0.3 is 0 Å². The summed E-state index contributed by atoms with van der Waals surface area (Å²) in [5.41, 5.74) is 7.10. The molecule has 4 N–H and O–H groups in total. The third-order valence-electron chi connectivity index (χ3n) is 2.85. The summed E-state index contributed by atoms with van der Waals surface area (Å²) in [7, 11) is -2.30. The van der Waals surface area contributed by atoms with E-state index in [1.165, 1.54) is 25.3 Å². The van der Waals surface area contributed by atoms with E-state index in [4.69, 9.17) is 20.3 Å². The normalized spacial score (nSPS) is 11.2. The number of rotatable bonds is 4. The molecule has 0 bridgehead atoms. The Kier molecular flexibility index (Phi) is 4.06. The molecule has 0 atom stereocenters. The highest BCUT2D eigenvalue weighted by molar-refractivity contribution is 7.89. The predicted octanol–water partition coefficient (Wildman–Crippen LogP) is 2.03. The molecule has 2 rings (SSSR count). The maximum atomic E-state index is 11.4. The molecule has 0 saturated carbocycles. The lowest BCUT2D eigenvalue weighted by Crippen LogP contribution is -2.12. The SMILES string of the molecule is COc1cc(C)ccc1Oc1cc(S(N)(=O)=O)ccc1N. The second-order valence-corrected chi connectivity index (χ2v) is 6.06. The van der Waals surface area contributed by atoms with Crippen LogP contribution in [0.4, 0.5) is 5.69 Å². The fourth-order valence-electron chi connectivity index (χ4n) is 1.76. The minimum Gasteiger partial charge on any atom is -0.493 e. The van der Waals surface area contributed by atoms with Crippen LogP contribution in [0.5, 0.6) is 17.2 Å². The van der Waals surface area contributed by atoms with Gasteiger partial charge in [0.1, 0.15) is 0 Å². The zero-order valence-electron chi connectivity index (χ0n) is 11.7. The van der Waals surface area contributed by atoms with Gasteiger partial charge in [-0.1, -0.05) is 6.07 Å². The van der Waals surface area contributed by atoms with Gasteiger partial charge in [-0.3, -0.25) is 0 Å². The van der Waals surface area contributed by atoms with Crippen LogP contribution in [0.1, 0.15) is 5.56 Å². The Morgan fingerprint density at radius 3 is 2.33 bits per heavy atom. The van der Waals surface area contributed by atoms with Crippen molar-refractivity contribution in [2.45, 2.75) is 11.8 Å². The van der Waals surface area contributed by atoms with Gasteiger partial charge in [0.2, 0.25) is 10.0 Å². The van der Waals surface area contributed by atoms with E-state index < -0.39 is 10.0 Å². The minimum absolute atomic E-state index is 0.0715. The van der Waals surface area contributed by atoms with Crippen LogP contribution in [-0.4, -0.2) is 15.5 Å². The van der Waals surface area contributed by atoms with Crippen LogP contribution < -0.4 is 20.3 Å². The number of nitrogens with two attached hydrogens (primary N) is 2. The number of hydrogen-bond donors (Lipinski definition) is 2. The lowest BCUT2D eigenvalue weighted by molar-refractivity contribution is 0.379. The molecular weight excluding hydrogens is 292 g/mol. The lowest BCUT2D eigenvalue weighted by Gasteiger charge is -2.13. The van der Waals surface area contributed by atoms with Gasteiger partial charge in [-0.05, 0) is 36.8 Å². The fourth-order valence-corrected chi connectivity index (χ4v) is 2.29. The summed E-state index contributed by atoms with van der Waals surface area (Å²) >= 11 is 0. The van der Waals surface area contributed by atoms with Gasteiger partial charge in [0.15, 0.2) is 17.2 Å². The molecule has 6 nitrogen and oxygen atoms in total. The smallest absolute Gasteiger partial charge is 0.238 e. The van der Waals surface area contributed by atoms with Crippen molar-refractivity contribution in [3.8, 4) is 17.2 Å². The van der Waals surface area contributed by atoms with Crippen LogP contribution in [0.3, 0.4) is 0 Å². The number of benzene rings is 2. The zero-order valence-corrected chi connectivity index (χ0v) is 12.5. The summed E-state index contributed by atoms with van der Waals surface area (Å²) in [5, 5.41) is 5.10. The van der Waals surface area contributed by atoms with E-state index in [2.05, 4.69) is 0 Å². The summed E-state index contributed by atoms with van der Waals surface area (Å²) in [6.45, 7) is 1.92. The zero-order chi connectivity index (χ0) is 15.6. The number of methoxy groups -OCH3 is 1. The third-order valence-corrected chi connectivity index (χ3v) is 3.76. The molecule has 0 saturated heterocycles. The molecular formula is C14H16N2O4S. The van der Waals surface area contributed by atoms with E-state index >= 15 is 0 Å². The number of hydrogen-bond acceptors (Lipinski definition) is 5. The average molecular weight is 308 g/mol. The van der Waals surface area contributed by atoms with Gasteiger partial charge in [0.25, 0.3) is 0 Å². The van der Waals surface area contributed by atoms with Crippen LogP contribution in [0.25, 0.3) is 0 Å². The Bertz CT molecular complexity index is 773. The first-order valence-electron chi connectivity index (χ1n) is 6.06. The average Bonchev–Trinajstić information content (AvgIpc) is 2.41. The van der Waals surface area contributed by atoms with Crippen molar-refractivity contribution in [3.63, 3.8) is 0 Å². The summed E-state index contributed by atoms with van der Waals surface area (Å²) in [5.74, 6) is 1.15. The molecule has 0 aliphatic heterocycles. The molecule has 2 aromatic rings. The van der Waals surface area contributed by atoms with Crippen molar-refractivity contribution in [1.29, 1.82) is 0 Å². The Balaban J connectivity index is 2.44. The van der Waals surface area contributed by atoms with Gasteiger partial charge in [-0.15, -0.1) is 0 Å². The topological polar surface area (TPSA) is 105 Å². The highest BCUT2D eigenvalue weighted by Crippen LogP contribution is 2.35. The van der Waals surface area contributed by atoms with Crippen molar-refractivity contribution >= 4 is 15.7 Å². The molecule has 0 spiro atoms. The Morgan fingerprint density at radius 2 is 1.71 bits per heavy atom. The molecule has 0 amide bonds. The monoisotopic (exact) mass is 308 g/mol. The first-order valence-corrected chi connectivity index (χ1v) is 7.60. The third kappa shape index (κ3) is 3.45. The second kappa shape index (κ2) is 5.63. The Labute approximate surface area is 123 Å². The van der Waals surface area contributed by atoms with Crippen molar-refractivity contribution in [1.82, 2.24) is 0 Å². The summed E-state index contributed by atoms with van der Waals surface area (Å²) in [4.78, 5) is -0.0715. The number of nitrogen functional groups attached to an aromatic ring is 1. The van der Waals surface area contributed by atoms with Crippen molar-refractivity contribution in [2.24, 2.45) is 5.14 Å². The maximum Gasteiger partial charge on any atom is 0.238 e. The molecule has 0 aliphatic rings. The number of ether oxygens (including phenoxy) is 2. The van der Waals surface area contributed by atoms with E-state index in [0.29, 0.717) is 17.2 Å². The summed E-state index contributed by atoms with van der Waals surface area (Å²) < 4.78 is 33.6. The molecule has 0 unspecified atom stereocenters. The molecule has 0 fully saturated rings. The van der Waals surface area contributed by atoms with Crippen molar-refractivity contribution in [2.75, 3.05) is 12.8 Å². The second-order valence-electron chi connectivity index (χ2n) is 4.50. The fraction of sp³-hybridized carbons (Fsp3) is 0.143. The molecule has 0 aromatic heterocycles. The Morgan fingerprint density at radius 1 is 1.00 bits per heavy atom. The van der Waals surface area contributed by atoms with Crippen molar-refractivity contribution < 1.29 is 17.9 Å². The van der Waals surface area contributed by atoms with Crippen LogP contribution >= 0.6 is 0 Å². The molecule has 0 heterocycles. The summed E-state index contributed by atoms with van der Waals surface area (Å²) in [6, 6.07) is 9.40. The number of sulfonamides is 1. The number of aryl methyl sites for hydroxylation is 1. The van der Waals surface area contributed by atoms with E-state index in [0.717, 1.165) is 5.56 Å². The lowest BCUT2D eigenvalue weighted by atomic mass is 10.2. The standard InChI is InChI=1S/C14H16N2O4S/c1-9-3-6-12(14(7-9)19-2)20-13-8-10(21(16,17)18)4-5-11(13)15/h3-8H,15H2,1-2H3,(H2,16,17,18). The molecule has 7 heteroatoms. The van der Waals surface area contributed by atoms with Gasteiger partial charge in [-0.25, -0.2) is 13.6 Å². The first kappa shape index (κ1) is 15.1. The molecule has 112 valence electrons. The highest BCUT2D eigenvalue weighted by atomic mass is 32.2. The maximum absolute atomic E-state index is 11.4. The van der Waals surface area contributed by atoms with Crippen LogP contribution in [0, 0.1) is 6.92 Å². The van der Waals surface area contributed by atoms with Gasteiger partial charge in [0.05, 0.1) is 17.7 Å². The first-order chi connectivity index (χ1) is 9.81. The summed E-state index contributed by atoms with van der Waals surface area (Å²) in [6.07, 6.45) is 0. The highest BCUT2D eigenvalue weighted by Gasteiger charge is 2.13. The van der Waals surface area contributed by atoms with E-state index in [9.17, 15) is 8.42 Å². The Hall–Kier alpha value is -2.25. The van der Waals surface area contributed by atoms with E-state index in [1.807, 2.05) is 13.0 Å². The van der Waals surface area contributed by atoms with Gasteiger partial charge < -0.3 is 15.2 Å². The quantitative estimate of drug-likeness (QED) is 0.841. The minimum atomic E-state index is -3.82. The molecule has 21 heavy (non-hydrogen) atoms. The predicted molar refractivity (Wildman–Crippen MR) is 80.0 cm³/mol. The largest absolute Gasteiger partial charge is 0.493 e. The van der Waals surface area contributed by atoms with Gasteiger partial charge in [-0.2, -0.15) is 0 Å². The van der Waals surface area contributed by atoms with Gasteiger partial charge in [0, 0.05) is 6.07 Å². The number of anilines is 1. The van der Waals surface area contributed by atoms with Crippen molar-refractivity contribution in [3.05, 3.63) is 42.0 Å². The van der Waals surface area contributed by atoms with E-state index in [1.54, 1.807) is 12.1 Å². The molecule has 0 radical (unpaired) electrons. The number of primary sulfonamides is 1. The molecule has 2 aromatic carbocycles. The van der Waals surface area contributed by atoms with Crippen LogP contribution in [0.15, 0.2) is 41.3 Å². The van der Waals surface area contributed by atoms with Crippen LogP contribution in [-0.2, 0) is 10.0 Å². The van der Waals surface area contributed by atoms with E-state index in [-0.39, 0.29) is 10.6 Å².